The van der Waals surface area contributed by atoms with Gasteiger partial charge in [0.05, 0.1) is 11.6 Å². The molecule has 3 aromatic rings. The molecule has 4 rings (SSSR count). The van der Waals surface area contributed by atoms with Crippen LogP contribution >= 0.6 is 23.2 Å². The van der Waals surface area contributed by atoms with Crippen molar-refractivity contribution in [2.45, 2.75) is 26.9 Å². The fourth-order valence-corrected chi connectivity index (χ4v) is 4.26. The van der Waals surface area contributed by atoms with E-state index in [1.54, 1.807) is 47.4 Å². The highest BCUT2D eigenvalue weighted by atomic mass is 35.5. The second kappa shape index (κ2) is 10.4. The Bertz CT molecular complexity index is 1210. The zero-order valence-corrected chi connectivity index (χ0v) is 20.4. The molecule has 0 aliphatic carbocycles. The van der Waals surface area contributed by atoms with E-state index >= 15 is 0 Å². The molecular weight excluding hydrogens is 473 g/mol. The minimum Gasteiger partial charge on any atom is -0.489 e. The summed E-state index contributed by atoms with van der Waals surface area (Å²) in [5.41, 5.74) is 10.1. The molecule has 1 fully saturated rings. The molecular formula is C26H25Cl2N3O3. The highest BCUT2D eigenvalue weighted by Crippen LogP contribution is 2.28. The summed E-state index contributed by atoms with van der Waals surface area (Å²) in [6.45, 7) is 4.59. The summed E-state index contributed by atoms with van der Waals surface area (Å²) in [5, 5.41) is 1.07. The lowest BCUT2D eigenvalue weighted by atomic mass is 10.1. The van der Waals surface area contributed by atoms with Crippen LogP contribution < -0.4 is 20.5 Å². The van der Waals surface area contributed by atoms with Crippen molar-refractivity contribution in [2.24, 2.45) is 5.92 Å². The lowest BCUT2D eigenvalue weighted by Crippen LogP contribution is -2.36. The molecule has 0 spiro atoms. The van der Waals surface area contributed by atoms with E-state index in [4.69, 9.17) is 27.9 Å². The standard InChI is InChI=1S/C26H25Cl2N3O3/c1-16-9-10-20(11-17(16)2)31-14-18(12-25(31)32)26(33)30-29-19-5-3-6-21(13-19)34-15-22-23(27)7-4-8-24(22)28/h3-11,13,18,29H,12,14-15H2,1-2H3,(H,30,33)/t18-/m0/s1. The van der Waals surface area contributed by atoms with Crippen LogP contribution in [0.3, 0.4) is 0 Å². The third-order valence-corrected chi connectivity index (χ3v) is 6.62. The van der Waals surface area contributed by atoms with Crippen molar-refractivity contribution in [1.29, 1.82) is 0 Å². The van der Waals surface area contributed by atoms with Crippen molar-refractivity contribution in [3.8, 4) is 5.75 Å². The first-order chi connectivity index (χ1) is 16.3. The first kappa shape index (κ1) is 23.9. The van der Waals surface area contributed by atoms with Gasteiger partial charge in [0, 0.05) is 40.3 Å². The average molecular weight is 498 g/mol. The van der Waals surface area contributed by atoms with Gasteiger partial charge >= 0.3 is 0 Å². The first-order valence-electron chi connectivity index (χ1n) is 10.9. The molecule has 0 aromatic heterocycles. The van der Waals surface area contributed by atoms with E-state index in [9.17, 15) is 9.59 Å². The van der Waals surface area contributed by atoms with E-state index in [1.807, 2.05) is 32.0 Å². The Morgan fingerprint density at radius 1 is 1.03 bits per heavy atom. The van der Waals surface area contributed by atoms with Crippen LogP contribution in [0.1, 0.15) is 23.1 Å². The van der Waals surface area contributed by atoms with Crippen LogP contribution in [-0.4, -0.2) is 18.4 Å². The van der Waals surface area contributed by atoms with E-state index in [1.165, 1.54) is 0 Å². The summed E-state index contributed by atoms with van der Waals surface area (Å²) in [7, 11) is 0. The Kier molecular flexibility index (Phi) is 7.29. The Balaban J connectivity index is 1.33. The van der Waals surface area contributed by atoms with Crippen LogP contribution in [0.2, 0.25) is 10.0 Å². The molecule has 2 amide bonds. The second-order valence-electron chi connectivity index (χ2n) is 8.30. The van der Waals surface area contributed by atoms with Crippen molar-refractivity contribution in [3.05, 3.63) is 87.4 Å². The van der Waals surface area contributed by atoms with Crippen LogP contribution in [0.25, 0.3) is 0 Å². The number of ether oxygens (including phenoxy) is 1. The minimum atomic E-state index is -0.441. The fourth-order valence-electron chi connectivity index (χ4n) is 3.75. The highest BCUT2D eigenvalue weighted by Gasteiger charge is 2.35. The topological polar surface area (TPSA) is 70.7 Å². The maximum atomic E-state index is 12.7. The molecule has 1 aliphatic heterocycles. The first-order valence-corrected chi connectivity index (χ1v) is 11.7. The monoisotopic (exact) mass is 497 g/mol. The van der Waals surface area contributed by atoms with Gasteiger partial charge in [0.2, 0.25) is 11.8 Å². The smallest absolute Gasteiger partial charge is 0.243 e. The van der Waals surface area contributed by atoms with E-state index in [0.717, 1.165) is 16.8 Å². The molecule has 0 saturated carbocycles. The zero-order chi connectivity index (χ0) is 24.2. The number of benzene rings is 3. The predicted molar refractivity (Wildman–Crippen MR) is 135 cm³/mol. The lowest BCUT2D eigenvalue weighted by Gasteiger charge is -2.18. The Labute approximate surface area is 208 Å². The summed E-state index contributed by atoms with van der Waals surface area (Å²) in [5.74, 6) is -0.151. The molecule has 176 valence electrons. The maximum Gasteiger partial charge on any atom is 0.243 e. The van der Waals surface area contributed by atoms with Crippen molar-refractivity contribution >= 4 is 46.4 Å². The van der Waals surface area contributed by atoms with E-state index in [0.29, 0.717) is 33.6 Å². The average Bonchev–Trinajstić information content (AvgIpc) is 3.21. The van der Waals surface area contributed by atoms with E-state index < -0.39 is 5.92 Å². The van der Waals surface area contributed by atoms with Gasteiger partial charge in [-0.05, 0) is 61.4 Å². The van der Waals surface area contributed by atoms with Gasteiger partial charge in [-0.1, -0.05) is 41.4 Å². The van der Waals surface area contributed by atoms with Crippen LogP contribution in [0, 0.1) is 19.8 Å². The lowest BCUT2D eigenvalue weighted by molar-refractivity contribution is -0.125. The number of halogens is 2. The summed E-state index contributed by atoms with van der Waals surface area (Å²) < 4.78 is 5.82. The van der Waals surface area contributed by atoms with Crippen LogP contribution in [0.15, 0.2) is 60.7 Å². The molecule has 8 heteroatoms. The molecule has 0 radical (unpaired) electrons. The predicted octanol–water partition coefficient (Wildman–Crippen LogP) is 5.69. The van der Waals surface area contributed by atoms with Crippen molar-refractivity contribution in [2.75, 3.05) is 16.9 Å². The molecule has 1 heterocycles. The number of amides is 2. The van der Waals surface area contributed by atoms with Crippen LogP contribution in [-0.2, 0) is 16.2 Å². The molecule has 1 aliphatic rings. The van der Waals surface area contributed by atoms with Gasteiger partial charge in [0.1, 0.15) is 12.4 Å². The second-order valence-corrected chi connectivity index (χ2v) is 9.12. The number of hydrogen-bond acceptors (Lipinski definition) is 4. The SMILES string of the molecule is Cc1ccc(N2C[C@@H](C(=O)NNc3cccc(OCc4c(Cl)cccc4Cl)c3)CC2=O)cc1C. The van der Waals surface area contributed by atoms with Gasteiger partial charge in [-0.2, -0.15) is 0 Å². The third kappa shape index (κ3) is 5.46. The summed E-state index contributed by atoms with van der Waals surface area (Å²) in [6, 6.07) is 18.3. The molecule has 3 aromatic carbocycles. The quantitative estimate of drug-likeness (QED) is 0.411. The Morgan fingerprint density at radius 3 is 2.50 bits per heavy atom. The normalized spacial score (nSPS) is 15.4. The minimum absolute atomic E-state index is 0.0583. The van der Waals surface area contributed by atoms with Gasteiger partial charge in [0.15, 0.2) is 0 Å². The van der Waals surface area contributed by atoms with Gasteiger partial charge in [-0.15, -0.1) is 0 Å². The number of aryl methyl sites for hydroxylation is 2. The Morgan fingerprint density at radius 2 is 1.76 bits per heavy atom. The molecule has 0 bridgehead atoms. The molecule has 6 nitrogen and oxygen atoms in total. The molecule has 0 unspecified atom stereocenters. The number of hydrazine groups is 1. The van der Waals surface area contributed by atoms with Gasteiger partial charge < -0.3 is 9.64 Å². The van der Waals surface area contributed by atoms with E-state index in [-0.39, 0.29) is 24.8 Å². The third-order valence-electron chi connectivity index (χ3n) is 5.91. The van der Waals surface area contributed by atoms with Crippen molar-refractivity contribution in [3.63, 3.8) is 0 Å². The number of anilines is 2. The van der Waals surface area contributed by atoms with Gasteiger partial charge in [0.25, 0.3) is 0 Å². The fraction of sp³-hybridized carbons (Fsp3) is 0.231. The van der Waals surface area contributed by atoms with Crippen molar-refractivity contribution < 1.29 is 14.3 Å². The largest absolute Gasteiger partial charge is 0.489 e. The number of carbonyl (C=O) groups is 2. The molecule has 1 saturated heterocycles. The van der Waals surface area contributed by atoms with Crippen LogP contribution in [0.4, 0.5) is 11.4 Å². The number of carbonyl (C=O) groups excluding carboxylic acids is 2. The summed E-state index contributed by atoms with van der Waals surface area (Å²) >= 11 is 12.4. The molecule has 2 N–H and O–H groups in total. The number of rotatable bonds is 7. The van der Waals surface area contributed by atoms with Crippen molar-refractivity contribution in [1.82, 2.24) is 5.43 Å². The molecule has 34 heavy (non-hydrogen) atoms. The summed E-state index contributed by atoms with van der Waals surface area (Å²) in [6.07, 6.45) is 0.169. The number of nitrogens with one attached hydrogen (secondary N) is 2. The van der Waals surface area contributed by atoms with E-state index in [2.05, 4.69) is 10.9 Å². The van der Waals surface area contributed by atoms with Gasteiger partial charge in [-0.25, -0.2) is 0 Å². The number of nitrogens with zero attached hydrogens (tertiary/aromatic N) is 1. The van der Waals surface area contributed by atoms with Crippen LogP contribution in [0.5, 0.6) is 5.75 Å². The Hall–Kier alpha value is -3.22. The highest BCUT2D eigenvalue weighted by molar-refractivity contribution is 6.35. The summed E-state index contributed by atoms with van der Waals surface area (Å²) in [4.78, 5) is 26.9. The molecule has 1 atom stereocenters. The van der Waals surface area contributed by atoms with Gasteiger partial charge in [-0.3, -0.25) is 20.4 Å². The number of hydrogen-bond donors (Lipinski definition) is 2. The maximum absolute atomic E-state index is 12.7. The zero-order valence-electron chi connectivity index (χ0n) is 18.9.